The molecular formula is C12H19NO2. The Morgan fingerprint density at radius 3 is 2.53 bits per heavy atom. The second kappa shape index (κ2) is 6.87. The van der Waals surface area contributed by atoms with Crippen LogP contribution in [0.5, 0.6) is 0 Å². The van der Waals surface area contributed by atoms with Crippen molar-refractivity contribution >= 4 is 12.7 Å². The number of hydrogen-bond donors (Lipinski definition) is 1. The third-order valence-corrected chi connectivity index (χ3v) is 1.65. The monoisotopic (exact) mass is 209 g/mol. The molecule has 0 saturated carbocycles. The average molecular weight is 209 g/mol. The van der Waals surface area contributed by atoms with Crippen LogP contribution in [0.4, 0.5) is 0 Å². The quantitative estimate of drug-likeness (QED) is 0.803. The van der Waals surface area contributed by atoms with Crippen LogP contribution in [-0.4, -0.2) is 4.98 Å². The Labute approximate surface area is 89.8 Å². The van der Waals surface area contributed by atoms with Crippen molar-refractivity contribution in [2.75, 3.05) is 0 Å². The zero-order valence-corrected chi connectivity index (χ0v) is 9.89. The minimum atomic E-state index is -0.458. The maximum absolute atomic E-state index is 10.7. The largest absolute Gasteiger partial charge is 0.417 e. The molecule has 0 aliphatic carbocycles. The Hall–Kier alpha value is -1.51. The maximum atomic E-state index is 10.7. The molecule has 0 aliphatic rings. The van der Waals surface area contributed by atoms with Crippen molar-refractivity contribution < 1.29 is 4.42 Å². The van der Waals surface area contributed by atoms with Crippen LogP contribution in [0.1, 0.15) is 34.1 Å². The molecule has 84 valence electrons. The van der Waals surface area contributed by atoms with Gasteiger partial charge in [0.15, 0.2) is 0 Å². The Kier molecular flexibility index (Phi) is 6.18. The van der Waals surface area contributed by atoms with E-state index in [0.29, 0.717) is 10.8 Å². The molecule has 0 atom stereocenters. The standard InChI is InChI=1S/C10H13NO2.C2H6/c1-4-5-7(2)6-9-8(3)13-10(12)11-9;1-2/h5-6H,3-4H2,1-2H3,(H,11,12);1-2H3/b7-5-,9-6+;. The Bertz CT molecular complexity index is 463. The second-order valence-corrected chi connectivity index (χ2v) is 2.85. The summed E-state index contributed by atoms with van der Waals surface area (Å²) in [6, 6.07) is 0. The molecule has 1 rings (SSSR count). The summed E-state index contributed by atoms with van der Waals surface area (Å²) in [5, 5.41) is 0.646. The highest BCUT2D eigenvalue weighted by Crippen LogP contribution is 1.94. The first-order chi connectivity index (χ1) is 7.13. The van der Waals surface area contributed by atoms with Gasteiger partial charge in [-0.2, -0.15) is 0 Å². The predicted molar refractivity (Wildman–Crippen MR) is 64.0 cm³/mol. The summed E-state index contributed by atoms with van der Waals surface area (Å²) < 4.78 is 4.71. The molecule has 0 bridgehead atoms. The predicted octanol–water partition coefficient (Wildman–Crippen LogP) is 1.54. The topological polar surface area (TPSA) is 46.0 Å². The fourth-order valence-corrected chi connectivity index (χ4v) is 1.10. The van der Waals surface area contributed by atoms with Gasteiger partial charge >= 0.3 is 5.76 Å². The van der Waals surface area contributed by atoms with E-state index < -0.39 is 5.76 Å². The molecule has 15 heavy (non-hydrogen) atoms. The van der Waals surface area contributed by atoms with E-state index in [1.165, 1.54) is 0 Å². The first kappa shape index (κ1) is 13.5. The Balaban J connectivity index is 0.000000921. The maximum Gasteiger partial charge on any atom is 0.417 e. The van der Waals surface area contributed by atoms with Gasteiger partial charge in [0, 0.05) is 0 Å². The zero-order chi connectivity index (χ0) is 11.8. The SMILES string of the molecule is C=c1oc(=O)[nH]/c1=C/C(C)=C\CC.CC. The van der Waals surface area contributed by atoms with Crippen molar-refractivity contribution in [2.45, 2.75) is 34.1 Å². The number of hydrogen-bond acceptors (Lipinski definition) is 2. The molecule has 0 fully saturated rings. The average Bonchev–Trinajstić information content (AvgIpc) is 2.49. The summed E-state index contributed by atoms with van der Waals surface area (Å²) in [4.78, 5) is 13.3. The molecule has 0 radical (unpaired) electrons. The number of rotatable bonds is 2. The van der Waals surface area contributed by atoms with Crippen LogP contribution in [0.15, 0.2) is 20.9 Å². The van der Waals surface area contributed by atoms with E-state index in [1.54, 1.807) is 0 Å². The summed E-state index contributed by atoms with van der Waals surface area (Å²) >= 11 is 0. The third kappa shape index (κ3) is 4.49. The van der Waals surface area contributed by atoms with Gasteiger partial charge in [-0.15, -0.1) is 0 Å². The summed E-state index contributed by atoms with van der Waals surface area (Å²) in [7, 11) is 0. The smallest absolute Gasteiger partial charge is 0.409 e. The van der Waals surface area contributed by atoms with Crippen LogP contribution in [0, 0.1) is 0 Å². The summed E-state index contributed by atoms with van der Waals surface area (Å²) in [6.45, 7) is 11.6. The van der Waals surface area contributed by atoms with Crippen LogP contribution >= 0.6 is 0 Å². The molecule has 3 nitrogen and oxygen atoms in total. The number of H-pyrrole nitrogens is 1. The molecule has 0 amide bonds. The first-order valence-electron chi connectivity index (χ1n) is 5.20. The van der Waals surface area contributed by atoms with Crippen LogP contribution in [0.2, 0.25) is 0 Å². The second-order valence-electron chi connectivity index (χ2n) is 2.85. The molecule has 1 aromatic rings. The summed E-state index contributed by atoms with van der Waals surface area (Å²) in [5.41, 5.74) is 1.47. The lowest BCUT2D eigenvalue weighted by molar-refractivity contribution is 0.487. The first-order valence-corrected chi connectivity index (χ1v) is 5.20. The van der Waals surface area contributed by atoms with E-state index in [4.69, 9.17) is 4.42 Å². The van der Waals surface area contributed by atoms with Gasteiger partial charge in [-0.1, -0.05) is 39.0 Å². The van der Waals surface area contributed by atoms with Crippen molar-refractivity contribution in [3.05, 3.63) is 33.0 Å². The minimum Gasteiger partial charge on any atom is -0.409 e. The fraction of sp³-hybridized carbons (Fsp3) is 0.417. The van der Waals surface area contributed by atoms with E-state index >= 15 is 0 Å². The number of aromatic amines is 1. The number of nitrogens with one attached hydrogen (secondary N) is 1. The van der Waals surface area contributed by atoms with Crippen LogP contribution in [0.25, 0.3) is 12.7 Å². The van der Waals surface area contributed by atoms with Gasteiger partial charge in [-0.05, 0) is 19.4 Å². The molecule has 0 spiro atoms. The van der Waals surface area contributed by atoms with Crippen molar-refractivity contribution in [2.24, 2.45) is 0 Å². The molecule has 0 saturated heterocycles. The zero-order valence-electron chi connectivity index (χ0n) is 9.89. The fourth-order valence-electron chi connectivity index (χ4n) is 1.10. The molecule has 1 aromatic heterocycles. The van der Waals surface area contributed by atoms with Gasteiger partial charge in [0.2, 0.25) is 0 Å². The van der Waals surface area contributed by atoms with Crippen LogP contribution in [0.3, 0.4) is 0 Å². The normalized spacial score (nSPS) is 12.3. The van der Waals surface area contributed by atoms with Crippen molar-refractivity contribution in [3.63, 3.8) is 0 Å². The van der Waals surface area contributed by atoms with E-state index in [0.717, 1.165) is 12.0 Å². The molecule has 0 aliphatic heterocycles. The summed E-state index contributed by atoms with van der Waals surface area (Å²) in [5.74, 6) is -0.458. The van der Waals surface area contributed by atoms with Gasteiger partial charge in [-0.3, -0.25) is 4.98 Å². The van der Waals surface area contributed by atoms with Crippen molar-refractivity contribution in [1.82, 2.24) is 4.98 Å². The Morgan fingerprint density at radius 2 is 2.13 bits per heavy atom. The van der Waals surface area contributed by atoms with Gasteiger partial charge in [0.25, 0.3) is 0 Å². The van der Waals surface area contributed by atoms with Gasteiger partial charge in [0.05, 0.1) is 5.35 Å². The highest BCUT2D eigenvalue weighted by Gasteiger charge is 1.90. The number of oxazole rings is 1. The molecule has 1 heterocycles. The van der Waals surface area contributed by atoms with Gasteiger partial charge < -0.3 is 4.42 Å². The number of allylic oxidation sites excluding steroid dienone is 2. The van der Waals surface area contributed by atoms with Crippen molar-refractivity contribution in [1.29, 1.82) is 0 Å². The minimum absolute atomic E-state index is 0.383. The lowest BCUT2D eigenvalue weighted by atomic mass is 10.2. The highest BCUT2D eigenvalue weighted by molar-refractivity contribution is 5.42. The van der Waals surface area contributed by atoms with E-state index in [-0.39, 0.29) is 0 Å². The van der Waals surface area contributed by atoms with Gasteiger partial charge in [-0.25, -0.2) is 4.79 Å². The summed E-state index contributed by atoms with van der Waals surface area (Å²) in [6.07, 6.45) is 4.87. The van der Waals surface area contributed by atoms with Crippen LogP contribution in [-0.2, 0) is 0 Å². The molecule has 0 aromatic carbocycles. The highest BCUT2D eigenvalue weighted by atomic mass is 16.4. The lowest BCUT2D eigenvalue weighted by Gasteiger charge is -1.86. The number of aromatic nitrogens is 1. The van der Waals surface area contributed by atoms with Crippen LogP contribution < -0.4 is 16.5 Å². The van der Waals surface area contributed by atoms with E-state index in [9.17, 15) is 4.79 Å². The lowest BCUT2D eigenvalue weighted by Crippen LogP contribution is -2.20. The van der Waals surface area contributed by atoms with E-state index in [2.05, 4.69) is 24.6 Å². The molecule has 1 N–H and O–H groups in total. The van der Waals surface area contributed by atoms with Crippen molar-refractivity contribution in [3.8, 4) is 0 Å². The molecule has 3 heteroatoms. The molecule has 0 unspecified atom stereocenters. The van der Waals surface area contributed by atoms with Gasteiger partial charge in [0.1, 0.15) is 5.42 Å². The molecular weight excluding hydrogens is 190 g/mol. The third-order valence-electron chi connectivity index (χ3n) is 1.65. The van der Waals surface area contributed by atoms with E-state index in [1.807, 2.05) is 26.8 Å². The Morgan fingerprint density at radius 1 is 1.53 bits per heavy atom.